The van der Waals surface area contributed by atoms with Crippen LogP contribution in [0.2, 0.25) is 0 Å². The largest absolute Gasteiger partial charge is 0.489 e. The number of ether oxygens (including phenoxy) is 1. The fraction of sp³-hybridized carbons (Fsp3) is 0.235. The maximum absolute atomic E-state index is 12.8. The van der Waals surface area contributed by atoms with Gasteiger partial charge >= 0.3 is 5.97 Å². The SMILES string of the molecule is CC(C)(C(=O)O)c1ccc(OCc2ccc(F)cc2)cc1. The zero-order valence-electron chi connectivity index (χ0n) is 12.0. The quantitative estimate of drug-likeness (QED) is 0.911. The summed E-state index contributed by atoms with van der Waals surface area (Å²) in [5.41, 5.74) is 0.644. The van der Waals surface area contributed by atoms with Gasteiger partial charge in [0, 0.05) is 0 Å². The van der Waals surface area contributed by atoms with Crippen LogP contribution in [0.1, 0.15) is 25.0 Å². The van der Waals surface area contributed by atoms with Crippen LogP contribution in [0.25, 0.3) is 0 Å². The van der Waals surface area contributed by atoms with Crippen LogP contribution >= 0.6 is 0 Å². The number of hydrogen-bond donors (Lipinski definition) is 1. The van der Waals surface area contributed by atoms with E-state index in [4.69, 9.17) is 4.74 Å². The molecule has 0 amide bonds. The molecule has 0 radical (unpaired) electrons. The Bertz CT molecular complexity index is 615. The molecule has 0 heterocycles. The van der Waals surface area contributed by atoms with Gasteiger partial charge in [-0.3, -0.25) is 4.79 Å². The number of hydrogen-bond acceptors (Lipinski definition) is 2. The van der Waals surface area contributed by atoms with Crippen LogP contribution in [-0.2, 0) is 16.8 Å². The lowest BCUT2D eigenvalue weighted by Crippen LogP contribution is -2.28. The number of rotatable bonds is 5. The van der Waals surface area contributed by atoms with E-state index in [1.165, 1.54) is 12.1 Å². The van der Waals surface area contributed by atoms with E-state index >= 15 is 0 Å². The molecule has 4 heteroatoms. The van der Waals surface area contributed by atoms with Gasteiger partial charge in [-0.25, -0.2) is 4.39 Å². The molecule has 0 aliphatic rings. The van der Waals surface area contributed by atoms with E-state index < -0.39 is 11.4 Å². The summed E-state index contributed by atoms with van der Waals surface area (Å²) in [7, 11) is 0. The first kappa shape index (κ1) is 15.0. The topological polar surface area (TPSA) is 46.5 Å². The van der Waals surface area contributed by atoms with Gasteiger partial charge in [-0.1, -0.05) is 24.3 Å². The van der Waals surface area contributed by atoms with Crippen molar-refractivity contribution in [3.05, 3.63) is 65.5 Å². The highest BCUT2D eigenvalue weighted by Crippen LogP contribution is 2.25. The molecule has 1 N–H and O–H groups in total. The number of carbonyl (C=O) groups is 1. The lowest BCUT2D eigenvalue weighted by Gasteiger charge is -2.19. The Morgan fingerprint density at radius 2 is 1.67 bits per heavy atom. The van der Waals surface area contributed by atoms with Gasteiger partial charge in [-0.15, -0.1) is 0 Å². The van der Waals surface area contributed by atoms with E-state index in [0.29, 0.717) is 17.9 Å². The summed E-state index contributed by atoms with van der Waals surface area (Å²) >= 11 is 0. The molecule has 0 saturated heterocycles. The zero-order valence-corrected chi connectivity index (χ0v) is 12.0. The molecular weight excluding hydrogens is 271 g/mol. The number of carboxylic acids is 1. The predicted octanol–water partition coefficient (Wildman–Crippen LogP) is 3.77. The molecule has 2 aromatic rings. The second kappa shape index (κ2) is 5.95. The van der Waals surface area contributed by atoms with Crippen LogP contribution in [0.15, 0.2) is 48.5 Å². The lowest BCUT2D eigenvalue weighted by atomic mass is 9.85. The Balaban J connectivity index is 2.03. The molecule has 0 fully saturated rings. The molecule has 110 valence electrons. The number of carboxylic acid groups (broad SMARTS) is 1. The number of halogens is 1. The van der Waals surface area contributed by atoms with Crippen molar-refractivity contribution < 1.29 is 19.0 Å². The summed E-state index contributed by atoms with van der Waals surface area (Å²) in [4.78, 5) is 11.2. The summed E-state index contributed by atoms with van der Waals surface area (Å²) in [6.07, 6.45) is 0. The highest BCUT2D eigenvalue weighted by Gasteiger charge is 2.29. The molecule has 0 bridgehead atoms. The van der Waals surface area contributed by atoms with E-state index in [9.17, 15) is 14.3 Å². The van der Waals surface area contributed by atoms with Gasteiger partial charge in [0.1, 0.15) is 18.2 Å². The second-order valence-electron chi connectivity index (χ2n) is 5.37. The van der Waals surface area contributed by atoms with Gasteiger partial charge in [-0.2, -0.15) is 0 Å². The molecule has 0 unspecified atom stereocenters. The first-order valence-corrected chi connectivity index (χ1v) is 6.61. The van der Waals surface area contributed by atoms with E-state index in [-0.39, 0.29) is 5.82 Å². The third kappa shape index (κ3) is 3.60. The average molecular weight is 288 g/mol. The minimum absolute atomic E-state index is 0.279. The number of aliphatic carboxylic acids is 1. The minimum Gasteiger partial charge on any atom is -0.489 e. The average Bonchev–Trinajstić information content (AvgIpc) is 2.47. The molecular formula is C17H17FO3. The van der Waals surface area contributed by atoms with Gasteiger partial charge in [0.15, 0.2) is 0 Å². The van der Waals surface area contributed by atoms with Crippen molar-refractivity contribution in [2.75, 3.05) is 0 Å². The van der Waals surface area contributed by atoms with Crippen molar-refractivity contribution in [2.45, 2.75) is 25.9 Å². The zero-order chi connectivity index (χ0) is 15.5. The van der Waals surface area contributed by atoms with Crippen LogP contribution in [-0.4, -0.2) is 11.1 Å². The molecule has 0 aliphatic carbocycles. The van der Waals surface area contributed by atoms with Gasteiger partial charge in [0.25, 0.3) is 0 Å². The fourth-order valence-corrected chi connectivity index (χ4v) is 1.84. The van der Waals surface area contributed by atoms with Crippen molar-refractivity contribution in [3.8, 4) is 5.75 Å². The van der Waals surface area contributed by atoms with Crippen molar-refractivity contribution in [2.24, 2.45) is 0 Å². The summed E-state index contributed by atoms with van der Waals surface area (Å²) < 4.78 is 18.4. The lowest BCUT2D eigenvalue weighted by molar-refractivity contribution is -0.142. The van der Waals surface area contributed by atoms with Crippen LogP contribution in [0.4, 0.5) is 4.39 Å². The summed E-state index contributed by atoms with van der Waals surface area (Å²) in [6, 6.07) is 13.1. The Kier molecular flexibility index (Phi) is 4.26. The van der Waals surface area contributed by atoms with Gasteiger partial charge in [0.2, 0.25) is 0 Å². The van der Waals surface area contributed by atoms with Crippen LogP contribution < -0.4 is 4.74 Å². The van der Waals surface area contributed by atoms with Gasteiger partial charge < -0.3 is 9.84 Å². The van der Waals surface area contributed by atoms with Crippen LogP contribution in [0.3, 0.4) is 0 Å². The summed E-state index contributed by atoms with van der Waals surface area (Å²) in [6.45, 7) is 3.65. The monoisotopic (exact) mass is 288 g/mol. The molecule has 0 aromatic heterocycles. The number of benzene rings is 2. The molecule has 21 heavy (non-hydrogen) atoms. The Labute approximate surface area is 123 Å². The Hall–Kier alpha value is -2.36. The molecule has 2 rings (SSSR count). The maximum atomic E-state index is 12.8. The van der Waals surface area contributed by atoms with Gasteiger partial charge in [-0.05, 0) is 49.2 Å². The maximum Gasteiger partial charge on any atom is 0.313 e. The van der Waals surface area contributed by atoms with Crippen molar-refractivity contribution in [1.82, 2.24) is 0 Å². The fourth-order valence-electron chi connectivity index (χ4n) is 1.84. The molecule has 0 atom stereocenters. The smallest absolute Gasteiger partial charge is 0.313 e. The van der Waals surface area contributed by atoms with E-state index in [1.807, 2.05) is 0 Å². The molecule has 0 saturated carbocycles. The Morgan fingerprint density at radius 3 is 2.19 bits per heavy atom. The molecule has 0 spiro atoms. The van der Waals surface area contributed by atoms with Crippen LogP contribution in [0, 0.1) is 5.82 Å². The molecule has 3 nitrogen and oxygen atoms in total. The summed E-state index contributed by atoms with van der Waals surface area (Å²) in [5.74, 6) is -0.509. The standard InChI is InChI=1S/C17H17FO3/c1-17(2,16(19)20)13-5-9-15(10-6-13)21-11-12-3-7-14(18)8-4-12/h3-10H,11H2,1-2H3,(H,19,20). The minimum atomic E-state index is -0.935. The van der Waals surface area contributed by atoms with E-state index in [0.717, 1.165) is 5.56 Å². The third-order valence-electron chi connectivity index (χ3n) is 3.43. The Morgan fingerprint density at radius 1 is 1.10 bits per heavy atom. The van der Waals surface area contributed by atoms with E-state index in [1.54, 1.807) is 50.2 Å². The first-order chi connectivity index (χ1) is 9.89. The van der Waals surface area contributed by atoms with Crippen LogP contribution in [0.5, 0.6) is 5.75 Å². The highest BCUT2D eigenvalue weighted by atomic mass is 19.1. The molecule has 0 aliphatic heterocycles. The second-order valence-corrected chi connectivity index (χ2v) is 5.37. The normalized spacial score (nSPS) is 11.2. The summed E-state index contributed by atoms with van der Waals surface area (Å²) in [5, 5.41) is 9.18. The predicted molar refractivity (Wildman–Crippen MR) is 77.8 cm³/mol. The van der Waals surface area contributed by atoms with Crippen molar-refractivity contribution >= 4 is 5.97 Å². The van der Waals surface area contributed by atoms with Gasteiger partial charge in [0.05, 0.1) is 5.41 Å². The first-order valence-electron chi connectivity index (χ1n) is 6.61. The van der Waals surface area contributed by atoms with Crippen molar-refractivity contribution in [3.63, 3.8) is 0 Å². The van der Waals surface area contributed by atoms with E-state index in [2.05, 4.69) is 0 Å². The van der Waals surface area contributed by atoms with Crippen molar-refractivity contribution in [1.29, 1.82) is 0 Å². The third-order valence-corrected chi connectivity index (χ3v) is 3.43. The molecule has 2 aromatic carbocycles. The highest BCUT2D eigenvalue weighted by molar-refractivity contribution is 5.80.